The molecule has 0 amide bonds. The lowest BCUT2D eigenvalue weighted by Crippen LogP contribution is -2.32. The molecular formula is C10H14O2. The number of esters is 1. The van der Waals surface area contributed by atoms with Crippen LogP contribution in [-0.2, 0) is 9.53 Å². The van der Waals surface area contributed by atoms with Crippen LogP contribution in [0.15, 0.2) is 24.8 Å². The number of carbonyl (C=O) groups is 1. The van der Waals surface area contributed by atoms with Crippen molar-refractivity contribution >= 4 is 5.97 Å². The van der Waals surface area contributed by atoms with Crippen molar-refractivity contribution in [3.05, 3.63) is 24.8 Å². The van der Waals surface area contributed by atoms with E-state index >= 15 is 0 Å². The van der Waals surface area contributed by atoms with E-state index < -0.39 is 0 Å². The van der Waals surface area contributed by atoms with Crippen LogP contribution in [0.2, 0.25) is 0 Å². The molecule has 1 aliphatic heterocycles. The zero-order valence-electron chi connectivity index (χ0n) is 7.38. The summed E-state index contributed by atoms with van der Waals surface area (Å²) in [6.45, 7) is 5.59. The minimum Gasteiger partial charge on any atom is -0.456 e. The molecule has 1 unspecified atom stereocenters. The molecule has 66 valence electrons. The van der Waals surface area contributed by atoms with Gasteiger partial charge in [0.25, 0.3) is 0 Å². The molecule has 0 aromatic heterocycles. The first-order chi connectivity index (χ1) is 5.66. The number of hydrogen-bond donors (Lipinski definition) is 0. The van der Waals surface area contributed by atoms with Crippen molar-refractivity contribution in [1.82, 2.24) is 0 Å². The summed E-state index contributed by atoms with van der Waals surface area (Å²) >= 11 is 0. The Bertz CT molecular complexity index is 218. The first kappa shape index (κ1) is 9.04. The molecule has 0 saturated heterocycles. The summed E-state index contributed by atoms with van der Waals surface area (Å²) in [5.41, 5.74) is -0.306. The second-order valence-corrected chi connectivity index (χ2v) is 3.30. The Labute approximate surface area is 72.9 Å². The monoisotopic (exact) mass is 166 g/mol. The third-order valence-electron chi connectivity index (χ3n) is 2.03. The smallest absolute Gasteiger partial charge is 0.330 e. The first-order valence-corrected chi connectivity index (χ1v) is 4.17. The quantitative estimate of drug-likeness (QED) is 0.474. The highest BCUT2D eigenvalue weighted by atomic mass is 16.6. The van der Waals surface area contributed by atoms with Gasteiger partial charge in [0.1, 0.15) is 5.60 Å². The molecule has 2 nitrogen and oxygen atoms in total. The van der Waals surface area contributed by atoms with Gasteiger partial charge in [-0.15, -0.1) is 6.58 Å². The second kappa shape index (κ2) is 3.57. The number of rotatable bonds is 3. The van der Waals surface area contributed by atoms with Gasteiger partial charge in [0, 0.05) is 12.5 Å². The first-order valence-electron chi connectivity index (χ1n) is 4.17. The molecule has 0 aromatic rings. The van der Waals surface area contributed by atoms with Gasteiger partial charge in [0.2, 0.25) is 0 Å². The van der Waals surface area contributed by atoms with Crippen LogP contribution in [0.1, 0.15) is 26.2 Å². The van der Waals surface area contributed by atoms with E-state index in [2.05, 4.69) is 6.58 Å². The van der Waals surface area contributed by atoms with Crippen LogP contribution in [0.25, 0.3) is 0 Å². The molecule has 0 fully saturated rings. The van der Waals surface area contributed by atoms with E-state index in [1.54, 1.807) is 0 Å². The Morgan fingerprint density at radius 3 is 3.17 bits per heavy atom. The fourth-order valence-corrected chi connectivity index (χ4v) is 1.28. The molecule has 1 aliphatic rings. The van der Waals surface area contributed by atoms with E-state index in [1.165, 1.54) is 6.08 Å². The average Bonchev–Trinajstić information content (AvgIpc) is 2.01. The lowest BCUT2D eigenvalue weighted by atomic mass is 9.94. The van der Waals surface area contributed by atoms with Crippen LogP contribution in [-0.4, -0.2) is 11.6 Å². The highest BCUT2D eigenvalue weighted by molar-refractivity contribution is 5.83. The maximum absolute atomic E-state index is 10.9. The topological polar surface area (TPSA) is 26.3 Å². The molecule has 0 spiro atoms. The van der Waals surface area contributed by atoms with Gasteiger partial charge in [0.15, 0.2) is 0 Å². The van der Waals surface area contributed by atoms with Gasteiger partial charge in [0.05, 0.1) is 0 Å². The van der Waals surface area contributed by atoms with Crippen molar-refractivity contribution in [1.29, 1.82) is 0 Å². The Balaban J connectivity index is 2.53. The summed E-state index contributed by atoms with van der Waals surface area (Å²) in [7, 11) is 0. The largest absolute Gasteiger partial charge is 0.456 e. The number of carbonyl (C=O) groups excluding carboxylic acids is 1. The Kier molecular flexibility index (Phi) is 2.69. The number of ether oxygens (including phenoxy) is 1. The van der Waals surface area contributed by atoms with E-state index in [4.69, 9.17) is 4.74 Å². The van der Waals surface area contributed by atoms with E-state index in [0.29, 0.717) is 0 Å². The molecule has 0 bridgehead atoms. The highest BCUT2D eigenvalue weighted by Gasteiger charge is 2.28. The molecule has 1 atom stereocenters. The molecule has 0 radical (unpaired) electrons. The lowest BCUT2D eigenvalue weighted by Gasteiger charge is -2.30. The zero-order chi connectivity index (χ0) is 9.03. The minimum absolute atomic E-state index is 0.229. The minimum atomic E-state index is -0.306. The predicted octanol–water partition coefficient (Wildman–Crippen LogP) is 2.21. The van der Waals surface area contributed by atoms with E-state index in [1.807, 2.05) is 19.1 Å². The van der Waals surface area contributed by atoms with E-state index in [0.717, 1.165) is 19.3 Å². The van der Waals surface area contributed by atoms with Crippen molar-refractivity contribution in [3.8, 4) is 0 Å². The Morgan fingerprint density at radius 1 is 1.83 bits per heavy atom. The van der Waals surface area contributed by atoms with Crippen molar-refractivity contribution < 1.29 is 9.53 Å². The van der Waals surface area contributed by atoms with Crippen molar-refractivity contribution in [2.75, 3.05) is 0 Å². The third-order valence-corrected chi connectivity index (χ3v) is 2.03. The van der Waals surface area contributed by atoms with Crippen molar-refractivity contribution in [2.24, 2.45) is 0 Å². The Morgan fingerprint density at radius 2 is 2.58 bits per heavy atom. The lowest BCUT2D eigenvalue weighted by molar-refractivity contribution is -0.153. The summed E-state index contributed by atoms with van der Waals surface area (Å²) in [5.74, 6) is -0.229. The normalized spacial score (nSPS) is 28.2. The van der Waals surface area contributed by atoms with Gasteiger partial charge in [-0.2, -0.15) is 0 Å². The molecule has 12 heavy (non-hydrogen) atoms. The van der Waals surface area contributed by atoms with Crippen molar-refractivity contribution in [2.45, 2.75) is 31.8 Å². The molecular weight excluding hydrogens is 152 g/mol. The van der Waals surface area contributed by atoms with Gasteiger partial charge >= 0.3 is 5.97 Å². The van der Waals surface area contributed by atoms with Gasteiger partial charge in [-0.1, -0.05) is 12.2 Å². The summed E-state index contributed by atoms with van der Waals surface area (Å²) in [6.07, 6.45) is 7.75. The number of cyclic esters (lactones) is 1. The second-order valence-electron chi connectivity index (χ2n) is 3.30. The number of allylic oxidation sites excluding steroid dienone is 1. The maximum Gasteiger partial charge on any atom is 0.330 e. The SMILES string of the molecule is C=CCCC1(C)CC=CC(=O)O1. The van der Waals surface area contributed by atoms with Gasteiger partial charge in [-0.25, -0.2) is 4.79 Å². The zero-order valence-corrected chi connectivity index (χ0v) is 7.38. The van der Waals surface area contributed by atoms with Crippen LogP contribution in [0, 0.1) is 0 Å². The molecule has 0 N–H and O–H groups in total. The molecule has 1 rings (SSSR count). The van der Waals surface area contributed by atoms with Crippen LogP contribution in [0.5, 0.6) is 0 Å². The molecule has 1 heterocycles. The number of hydrogen-bond acceptors (Lipinski definition) is 2. The average molecular weight is 166 g/mol. The fraction of sp³-hybridized carbons (Fsp3) is 0.500. The van der Waals surface area contributed by atoms with Gasteiger partial charge in [-0.05, 0) is 19.8 Å². The fourth-order valence-electron chi connectivity index (χ4n) is 1.28. The van der Waals surface area contributed by atoms with Crippen molar-refractivity contribution in [3.63, 3.8) is 0 Å². The summed E-state index contributed by atoms with van der Waals surface area (Å²) in [4.78, 5) is 10.9. The van der Waals surface area contributed by atoms with Crippen LogP contribution in [0.4, 0.5) is 0 Å². The Hall–Kier alpha value is -1.05. The maximum atomic E-state index is 10.9. The molecule has 0 aromatic carbocycles. The van der Waals surface area contributed by atoms with Crippen LogP contribution < -0.4 is 0 Å². The highest BCUT2D eigenvalue weighted by Crippen LogP contribution is 2.25. The summed E-state index contributed by atoms with van der Waals surface area (Å²) in [6, 6.07) is 0. The molecule has 0 aliphatic carbocycles. The van der Waals surface area contributed by atoms with E-state index in [9.17, 15) is 4.79 Å². The summed E-state index contributed by atoms with van der Waals surface area (Å²) < 4.78 is 5.20. The molecule has 0 saturated carbocycles. The van der Waals surface area contributed by atoms with E-state index in [-0.39, 0.29) is 11.6 Å². The summed E-state index contributed by atoms with van der Waals surface area (Å²) in [5, 5.41) is 0. The van der Waals surface area contributed by atoms with Crippen LogP contribution >= 0.6 is 0 Å². The van der Waals surface area contributed by atoms with Gasteiger partial charge in [-0.3, -0.25) is 0 Å². The predicted molar refractivity (Wildman–Crippen MR) is 47.7 cm³/mol. The van der Waals surface area contributed by atoms with Gasteiger partial charge < -0.3 is 4.74 Å². The molecule has 2 heteroatoms. The standard InChI is InChI=1S/C10H14O2/c1-3-4-7-10(2)8-5-6-9(11)12-10/h3,5-6H,1,4,7-8H2,2H3. The van der Waals surface area contributed by atoms with Crippen LogP contribution in [0.3, 0.4) is 0 Å². The third kappa shape index (κ3) is 2.22.